The number of hydrogen-bond donors (Lipinski definition) is 0. The molecule has 14 heteroatoms. The van der Waals surface area contributed by atoms with Crippen molar-refractivity contribution < 1.29 is 41.7 Å². The molecule has 0 saturated carbocycles. The second kappa shape index (κ2) is 13.4. The minimum atomic E-state index is -4.16. The Bertz CT molecular complexity index is 1770. The molecule has 47 heavy (non-hydrogen) atoms. The van der Waals surface area contributed by atoms with Crippen LogP contribution in [0.3, 0.4) is 0 Å². The van der Waals surface area contributed by atoms with Crippen LogP contribution in [0.2, 0.25) is 5.02 Å². The lowest BCUT2D eigenvalue weighted by atomic mass is 9.91. The second-order valence-corrected chi connectivity index (χ2v) is 14.3. The zero-order valence-corrected chi connectivity index (χ0v) is 27.5. The van der Waals surface area contributed by atoms with Crippen molar-refractivity contribution in [1.29, 1.82) is 0 Å². The number of hydrogen-bond acceptors (Lipinski definition) is 9. The molecule has 0 aliphatic carbocycles. The lowest BCUT2D eigenvalue weighted by Crippen LogP contribution is -2.65. The fourth-order valence-corrected chi connectivity index (χ4v) is 8.06. The molecule has 1 unspecified atom stereocenters. The van der Waals surface area contributed by atoms with E-state index >= 15 is 0 Å². The Hall–Kier alpha value is -3.75. The molecule has 3 aliphatic heterocycles. The molecule has 0 N–H and O–H groups in total. The Morgan fingerprint density at radius 3 is 2.43 bits per heavy atom. The molecule has 0 radical (unpaired) electrons. The van der Waals surface area contributed by atoms with E-state index in [1.54, 1.807) is 42.2 Å². The molecule has 3 aliphatic rings. The van der Waals surface area contributed by atoms with Crippen molar-refractivity contribution in [3.63, 3.8) is 0 Å². The summed E-state index contributed by atoms with van der Waals surface area (Å²) in [4.78, 5) is 41.8. The summed E-state index contributed by atoms with van der Waals surface area (Å²) in [6, 6.07) is 19.2. The first-order valence-corrected chi connectivity index (χ1v) is 17.2. The van der Waals surface area contributed by atoms with Gasteiger partial charge in [-0.15, -0.1) is 0 Å². The summed E-state index contributed by atoms with van der Waals surface area (Å²) in [6.07, 6.45) is 0.325. The van der Waals surface area contributed by atoms with Crippen LogP contribution < -0.4 is 0 Å². The number of nitrogens with zero attached hydrogens (tertiary/aromatic N) is 3. The molecule has 2 amide bonds. The van der Waals surface area contributed by atoms with E-state index in [4.69, 9.17) is 30.5 Å². The number of ether oxygens (including phenoxy) is 4. The maximum Gasteiger partial charge on any atom is 0.410 e. The summed E-state index contributed by atoms with van der Waals surface area (Å²) in [5, 5.41) is 1.98. The van der Waals surface area contributed by atoms with E-state index < -0.39 is 52.5 Å². The van der Waals surface area contributed by atoms with Gasteiger partial charge in [-0.05, 0) is 60.4 Å². The summed E-state index contributed by atoms with van der Waals surface area (Å²) in [5.74, 6) is -1.04. The average molecular weight is 686 g/mol. The Morgan fingerprint density at radius 1 is 0.957 bits per heavy atom. The van der Waals surface area contributed by atoms with Gasteiger partial charge in [0.15, 0.2) is 5.72 Å². The van der Waals surface area contributed by atoms with Crippen molar-refractivity contribution in [3.8, 4) is 0 Å². The predicted octanol–water partition coefficient (Wildman–Crippen LogP) is 3.80. The molecular weight excluding hydrogens is 650 g/mol. The number of piperazine rings is 1. The number of amides is 2. The van der Waals surface area contributed by atoms with Crippen molar-refractivity contribution in [2.45, 2.75) is 42.6 Å². The highest BCUT2D eigenvalue weighted by atomic mass is 35.5. The first-order chi connectivity index (χ1) is 22.5. The molecule has 3 saturated heterocycles. The van der Waals surface area contributed by atoms with Crippen molar-refractivity contribution >= 4 is 50.4 Å². The van der Waals surface area contributed by atoms with Crippen LogP contribution in [0.15, 0.2) is 71.6 Å². The topological polar surface area (TPSA) is 132 Å². The number of carbonyl (C=O) groups is 3. The first kappa shape index (κ1) is 33.2. The molecule has 3 heterocycles. The summed E-state index contributed by atoms with van der Waals surface area (Å²) in [5.41, 5.74) is -1.49. The Kier molecular flexibility index (Phi) is 9.45. The Morgan fingerprint density at radius 2 is 1.68 bits per heavy atom. The van der Waals surface area contributed by atoms with Crippen molar-refractivity contribution in [2.75, 3.05) is 52.5 Å². The summed E-state index contributed by atoms with van der Waals surface area (Å²) in [7, 11) is -4.16. The fraction of sp³-hybridized carbons (Fsp3) is 0.424. The van der Waals surface area contributed by atoms with Gasteiger partial charge in [-0.25, -0.2) is 18.0 Å². The fourth-order valence-electron chi connectivity index (χ4n) is 6.41. The van der Waals surface area contributed by atoms with Gasteiger partial charge in [0.25, 0.3) is 0 Å². The minimum absolute atomic E-state index is 0.0196. The van der Waals surface area contributed by atoms with Gasteiger partial charge in [0.2, 0.25) is 15.9 Å². The molecule has 3 aromatic rings. The number of piperidine rings is 1. The normalized spacial score (nSPS) is 21.2. The van der Waals surface area contributed by atoms with Crippen LogP contribution in [-0.2, 0) is 45.2 Å². The van der Waals surface area contributed by atoms with Crippen LogP contribution in [0, 0.1) is 0 Å². The summed E-state index contributed by atoms with van der Waals surface area (Å²) < 4.78 is 52.0. The first-order valence-electron chi connectivity index (χ1n) is 15.4. The molecule has 0 bridgehead atoms. The monoisotopic (exact) mass is 685 g/mol. The van der Waals surface area contributed by atoms with E-state index in [0.29, 0.717) is 36.3 Å². The van der Waals surface area contributed by atoms with Gasteiger partial charge in [0.05, 0.1) is 43.3 Å². The highest BCUT2D eigenvalue weighted by Gasteiger charge is 2.61. The number of sulfonamides is 1. The minimum Gasteiger partial charge on any atom is -0.464 e. The van der Waals surface area contributed by atoms with Gasteiger partial charge in [0, 0.05) is 18.1 Å². The van der Waals surface area contributed by atoms with Crippen molar-refractivity contribution in [3.05, 3.63) is 77.3 Å². The van der Waals surface area contributed by atoms with E-state index in [2.05, 4.69) is 0 Å². The van der Waals surface area contributed by atoms with Crippen LogP contribution in [0.25, 0.3) is 10.8 Å². The SMILES string of the molecule is CCOC(=O)COCC12CN(S(=O)(=O)c3ccc4cc(Cl)ccc4c3)CC(=O)N1CC1(CCN(C(=O)OCc3ccccc3)CC1)O2. The number of halogens is 1. The van der Waals surface area contributed by atoms with E-state index in [-0.39, 0.29) is 37.8 Å². The molecule has 3 aromatic carbocycles. The van der Waals surface area contributed by atoms with Gasteiger partial charge in [0.1, 0.15) is 13.2 Å². The summed E-state index contributed by atoms with van der Waals surface area (Å²) >= 11 is 6.11. The van der Waals surface area contributed by atoms with E-state index in [1.807, 2.05) is 30.3 Å². The second-order valence-electron chi connectivity index (χ2n) is 12.0. The number of esters is 1. The number of rotatable bonds is 9. The van der Waals surface area contributed by atoms with Crippen molar-refractivity contribution in [2.24, 2.45) is 0 Å². The van der Waals surface area contributed by atoms with E-state index in [1.165, 1.54) is 11.0 Å². The van der Waals surface area contributed by atoms with Gasteiger partial charge in [-0.1, -0.05) is 54.1 Å². The number of benzene rings is 3. The van der Waals surface area contributed by atoms with Crippen LogP contribution in [0.5, 0.6) is 0 Å². The third-order valence-electron chi connectivity index (χ3n) is 8.78. The third kappa shape index (κ3) is 6.95. The van der Waals surface area contributed by atoms with Crippen molar-refractivity contribution in [1.82, 2.24) is 14.1 Å². The summed E-state index contributed by atoms with van der Waals surface area (Å²) in [6.45, 7) is 1.56. The van der Waals surface area contributed by atoms with E-state index in [0.717, 1.165) is 15.3 Å². The molecule has 1 atom stereocenters. The molecule has 6 rings (SSSR count). The standard InChI is InChI=1S/C33H36ClN3O9S/c1-2-44-30(39)20-43-23-33-22-36(47(41,42)28-11-9-25-16-27(34)10-8-26(25)17-28)18-29(38)37(33)21-32(46-33)12-14-35(15-13-32)31(40)45-19-24-6-4-3-5-7-24/h3-11,16-17H,2,12-15,18-23H2,1H3. The smallest absolute Gasteiger partial charge is 0.410 e. The highest BCUT2D eigenvalue weighted by molar-refractivity contribution is 7.89. The average Bonchev–Trinajstić information content (AvgIpc) is 3.38. The van der Waals surface area contributed by atoms with Gasteiger partial charge < -0.3 is 28.7 Å². The molecule has 3 fully saturated rings. The van der Waals surface area contributed by atoms with Crippen LogP contribution >= 0.6 is 11.6 Å². The largest absolute Gasteiger partial charge is 0.464 e. The molecule has 12 nitrogen and oxygen atoms in total. The van der Waals surface area contributed by atoms with Gasteiger partial charge >= 0.3 is 12.1 Å². The maximum absolute atomic E-state index is 14.0. The zero-order chi connectivity index (χ0) is 33.2. The number of likely N-dealkylation sites (tertiary alicyclic amines) is 1. The number of fused-ring (bicyclic) bond motifs is 2. The zero-order valence-electron chi connectivity index (χ0n) is 25.9. The van der Waals surface area contributed by atoms with E-state index in [9.17, 15) is 22.8 Å². The highest BCUT2D eigenvalue weighted by Crippen LogP contribution is 2.44. The van der Waals surface area contributed by atoms with Gasteiger partial charge in [-0.3, -0.25) is 4.79 Å². The van der Waals surface area contributed by atoms with Gasteiger partial charge in [-0.2, -0.15) is 4.31 Å². The molecule has 1 spiro atoms. The lowest BCUT2D eigenvalue weighted by molar-refractivity contribution is -0.201. The molecule has 250 valence electrons. The predicted molar refractivity (Wildman–Crippen MR) is 171 cm³/mol. The Balaban J connectivity index is 1.21. The molecular formula is C33H36ClN3O9S. The number of carbonyl (C=O) groups excluding carboxylic acids is 3. The Labute approximate surface area is 278 Å². The molecule has 0 aromatic heterocycles. The maximum atomic E-state index is 14.0. The van der Waals surface area contributed by atoms with Crippen LogP contribution in [-0.4, -0.2) is 104 Å². The lowest BCUT2D eigenvalue weighted by Gasteiger charge is -2.44. The quantitative estimate of drug-likeness (QED) is 0.309. The third-order valence-corrected chi connectivity index (χ3v) is 10.8. The van der Waals surface area contributed by atoms with Crippen LogP contribution in [0.4, 0.5) is 4.79 Å². The van der Waals surface area contributed by atoms with Crippen LogP contribution in [0.1, 0.15) is 25.3 Å².